The summed E-state index contributed by atoms with van der Waals surface area (Å²) in [5.41, 5.74) is 1.29. The van der Waals surface area contributed by atoms with Crippen LogP contribution in [0, 0.1) is 5.92 Å². The number of amides is 4. The maximum Gasteiger partial charge on any atom is 0.367 e. The molecule has 4 N–H and O–H groups in total. The van der Waals surface area contributed by atoms with Crippen LogP contribution in [0.3, 0.4) is 0 Å². The van der Waals surface area contributed by atoms with Gasteiger partial charge >= 0.3 is 3.98 Å². The van der Waals surface area contributed by atoms with E-state index in [1.54, 1.807) is 67.6 Å². The molecule has 1 aliphatic rings. The molecule has 1 heterocycles. The normalized spacial score (nSPS) is 16.2. The van der Waals surface area contributed by atoms with Gasteiger partial charge in [0.2, 0.25) is 23.6 Å². The predicted octanol–water partition coefficient (Wildman–Crippen LogP) is 2.62. The van der Waals surface area contributed by atoms with Gasteiger partial charge < -0.3 is 30.7 Å². The van der Waals surface area contributed by atoms with Gasteiger partial charge in [0.05, 0.1) is 22.6 Å². The van der Waals surface area contributed by atoms with Crippen LogP contribution in [0.25, 0.3) is 0 Å². The first-order chi connectivity index (χ1) is 18.0. The Balaban J connectivity index is 1.75. The minimum absolute atomic E-state index is 0.131. The molecule has 0 bridgehead atoms. The Bertz CT molecular complexity index is 1030. The predicted molar refractivity (Wildman–Crippen MR) is 149 cm³/mol. The molecule has 4 amide bonds. The Hall–Kier alpha value is -3.00. The third-order valence-corrected chi connectivity index (χ3v) is 6.22. The lowest BCUT2D eigenvalue weighted by atomic mass is 10.0. The van der Waals surface area contributed by atoms with E-state index in [-0.39, 0.29) is 30.8 Å². The molecule has 0 radical (unpaired) electrons. The number of nitrogens with zero attached hydrogens (tertiary/aromatic N) is 1. The number of aliphatic hydroxyl groups excluding tert-OH is 1. The molecule has 1 aromatic rings. The molecule has 0 aromatic heterocycles. The van der Waals surface area contributed by atoms with Crippen molar-refractivity contribution in [3.05, 3.63) is 42.0 Å². The first-order valence-corrected chi connectivity index (χ1v) is 13.5. The molecule has 11 nitrogen and oxygen atoms in total. The van der Waals surface area contributed by atoms with Gasteiger partial charge in [-0.15, -0.1) is 0 Å². The first kappa shape index (κ1) is 31.2. The number of aliphatic hydroxyl groups is 1. The van der Waals surface area contributed by atoms with Crippen LogP contribution in [-0.2, 0) is 30.5 Å². The number of halogens is 1. The summed E-state index contributed by atoms with van der Waals surface area (Å²) >= 11 is 1.54. The molecule has 0 fully saturated rings. The van der Waals surface area contributed by atoms with Crippen molar-refractivity contribution in [3.63, 3.8) is 0 Å². The average Bonchev–Trinajstić information content (AvgIpc) is 3.18. The molecule has 0 aliphatic carbocycles. The molecular formula is C26H35IN4O7. The molecule has 1 aliphatic heterocycles. The van der Waals surface area contributed by atoms with Crippen molar-refractivity contribution < 1.29 is 33.8 Å². The third kappa shape index (κ3) is 10.4. The number of nitrogens with one attached hydrogen (secondary N) is 3. The maximum absolute atomic E-state index is 12.8. The number of carbonyl (C=O) groups is 5. The molecule has 2 rings (SSSR count). The quantitative estimate of drug-likeness (QED) is 0.138. The molecule has 3 atom stereocenters. The minimum atomic E-state index is -0.889. The monoisotopic (exact) mass is 642 g/mol. The Labute approximate surface area is 235 Å². The zero-order chi connectivity index (χ0) is 28.2. The lowest BCUT2D eigenvalue weighted by Gasteiger charge is -2.24. The van der Waals surface area contributed by atoms with Gasteiger partial charge in [0.15, 0.2) is 0 Å². The molecule has 12 heteroatoms. The topological polar surface area (TPSA) is 154 Å². The molecule has 0 spiro atoms. The number of unbranched alkanes of at least 4 members (excludes halogenated alkanes) is 2. The van der Waals surface area contributed by atoms with E-state index < -0.39 is 34.1 Å². The number of hydrogen-bond acceptors (Lipinski definition) is 7. The average molecular weight is 642 g/mol. The maximum atomic E-state index is 12.8. The lowest BCUT2D eigenvalue weighted by Crippen LogP contribution is -2.53. The molecule has 1 aromatic carbocycles. The van der Waals surface area contributed by atoms with E-state index in [9.17, 15) is 29.1 Å². The summed E-state index contributed by atoms with van der Waals surface area (Å²) in [6, 6.07) is 5.12. The number of ether oxygens (including phenoxy) is 1. The number of carbonyl (C=O) groups excluding carboxylic acids is 5. The van der Waals surface area contributed by atoms with Crippen LogP contribution in [0.2, 0.25) is 0 Å². The van der Waals surface area contributed by atoms with Crippen molar-refractivity contribution in [1.82, 2.24) is 15.5 Å². The lowest BCUT2D eigenvalue weighted by molar-refractivity contribution is -0.132. The summed E-state index contributed by atoms with van der Waals surface area (Å²) in [5.74, 6) is -1.58. The number of benzene rings is 1. The fourth-order valence-corrected chi connectivity index (χ4v) is 3.87. The van der Waals surface area contributed by atoms with Crippen LogP contribution in [-0.4, -0.2) is 62.5 Å². The first-order valence-electron chi connectivity index (χ1n) is 12.5. The molecule has 0 saturated carbocycles. The van der Waals surface area contributed by atoms with E-state index in [4.69, 9.17) is 4.74 Å². The van der Waals surface area contributed by atoms with Crippen molar-refractivity contribution >= 4 is 55.9 Å². The fourth-order valence-electron chi connectivity index (χ4n) is 3.71. The van der Waals surface area contributed by atoms with Crippen LogP contribution >= 0.6 is 22.6 Å². The fraction of sp³-hybridized carbons (Fsp3) is 0.500. The Morgan fingerprint density at radius 2 is 1.71 bits per heavy atom. The van der Waals surface area contributed by atoms with Gasteiger partial charge in [-0.25, -0.2) is 4.79 Å². The highest BCUT2D eigenvalue weighted by atomic mass is 127. The second kappa shape index (κ2) is 15.4. The molecule has 208 valence electrons. The van der Waals surface area contributed by atoms with E-state index in [1.165, 1.54) is 17.1 Å². The SMILES string of the molecule is CC(C)[C@H](NC(=O)CCCCCN1C(=O)C=CC1O)C(=O)N[C@@H](C)C(=O)Nc1ccc(COC(=O)I)cc1. The van der Waals surface area contributed by atoms with Crippen LogP contribution in [0.5, 0.6) is 0 Å². The van der Waals surface area contributed by atoms with E-state index >= 15 is 0 Å². The summed E-state index contributed by atoms with van der Waals surface area (Å²) in [5, 5.41) is 17.8. The summed E-state index contributed by atoms with van der Waals surface area (Å²) in [7, 11) is 0. The van der Waals surface area contributed by atoms with Crippen LogP contribution < -0.4 is 16.0 Å². The van der Waals surface area contributed by atoms with Gasteiger partial charge in [0, 0.05) is 24.7 Å². The van der Waals surface area contributed by atoms with Crippen LogP contribution in [0.1, 0.15) is 52.0 Å². The third-order valence-electron chi connectivity index (χ3n) is 5.91. The zero-order valence-electron chi connectivity index (χ0n) is 21.7. The highest BCUT2D eigenvalue weighted by molar-refractivity contribution is 14.1. The van der Waals surface area contributed by atoms with Gasteiger partial charge in [0.25, 0.3) is 0 Å². The smallest absolute Gasteiger partial charge is 0.367 e. The van der Waals surface area contributed by atoms with Gasteiger partial charge in [-0.05, 0) is 49.5 Å². The van der Waals surface area contributed by atoms with Crippen molar-refractivity contribution in [2.75, 3.05) is 11.9 Å². The van der Waals surface area contributed by atoms with Crippen molar-refractivity contribution in [2.24, 2.45) is 5.92 Å². The summed E-state index contributed by atoms with van der Waals surface area (Å²) in [4.78, 5) is 61.7. The second-order valence-corrected chi connectivity index (χ2v) is 10.2. The zero-order valence-corrected chi connectivity index (χ0v) is 23.9. The molecule has 38 heavy (non-hydrogen) atoms. The Kier molecular flexibility index (Phi) is 12.7. The second-order valence-electron chi connectivity index (χ2n) is 9.35. The van der Waals surface area contributed by atoms with Crippen molar-refractivity contribution in [2.45, 2.75) is 71.4 Å². The van der Waals surface area contributed by atoms with Crippen molar-refractivity contribution in [3.8, 4) is 0 Å². The van der Waals surface area contributed by atoms with E-state index in [1.807, 2.05) is 0 Å². The van der Waals surface area contributed by atoms with E-state index in [0.29, 0.717) is 31.5 Å². The van der Waals surface area contributed by atoms with Gasteiger partial charge in [-0.1, -0.05) is 32.4 Å². The van der Waals surface area contributed by atoms with Gasteiger partial charge in [0.1, 0.15) is 24.9 Å². The summed E-state index contributed by atoms with van der Waals surface area (Å²) in [6.45, 7) is 5.70. The standard InChI is InChI=1S/C26H35IN4O7/c1-16(2)23(30-20(32)7-5-4-6-14-31-21(33)12-13-22(31)34)25(36)28-17(3)24(35)29-19-10-8-18(9-11-19)15-38-26(27)37/h8-13,16-17,21,23,33H,4-7,14-15H2,1-3H3,(H,28,36)(H,29,35)(H,30,32)/t17-,21?,23-/m0/s1. The molecule has 1 unspecified atom stereocenters. The summed E-state index contributed by atoms with van der Waals surface area (Å²) < 4.78 is 4.51. The molecule has 0 saturated heterocycles. The van der Waals surface area contributed by atoms with Crippen molar-refractivity contribution in [1.29, 1.82) is 0 Å². The minimum Gasteiger partial charge on any atom is -0.453 e. The van der Waals surface area contributed by atoms with Gasteiger partial charge in [-0.3, -0.25) is 19.2 Å². The Morgan fingerprint density at radius 1 is 1.03 bits per heavy atom. The van der Waals surface area contributed by atoms with Crippen LogP contribution in [0.4, 0.5) is 10.5 Å². The highest BCUT2D eigenvalue weighted by Crippen LogP contribution is 2.13. The largest absolute Gasteiger partial charge is 0.453 e. The number of rotatable bonds is 14. The Morgan fingerprint density at radius 3 is 2.29 bits per heavy atom. The molecular weight excluding hydrogens is 607 g/mol. The van der Waals surface area contributed by atoms with E-state index in [2.05, 4.69) is 16.0 Å². The van der Waals surface area contributed by atoms with Gasteiger partial charge in [-0.2, -0.15) is 0 Å². The van der Waals surface area contributed by atoms with E-state index in [0.717, 1.165) is 5.56 Å². The van der Waals surface area contributed by atoms with Crippen LogP contribution in [0.15, 0.2) is 36.4 Å². The number of hydrogen-bond donors (Lipinski definition) is 4. The summed E-state index contributed by atoms with van der Waals surface area (Å²) in [6.07, 6.45) is 4.00. The highest BCUT2D eigenvalue weighted by Gasteiger charge is 2.27. The number of anilines is 1.